The van der Waals surface area contributed by atoms with Crippen LogP contribution in [-0.4, -0.2) is 36.4 Å². The Morgan fingerprint density at radius 1 is 1.06 bits per heavy atom. The molecule has 9 heteroatoms. The lowest BCUT2D eigenvalue weighted by atomic mass is 9.88. The zero-order valence-corrected chi connectivity index (χ0v) is 18.6. The number of rotatable bonds is 5. The van der Waals surface area contributed by atoms with Crippen LogP contribution in [0, 0.1) is 17.1 Å². The average molecular weight is 470 g/mol. The Labute approximate surface area is 199 Å². The van der Waals surface area contributed by atoms with Crippen LogP contribution in [0.1, 0.15) is 27.0 Å². The summed E-state index contributed by atoms with van der Waals surface area (Å²) in [5.74, 6) is -0.883. The fourth-order valence-electron chi connectivity index (χ4n) is 4.52. The monoisotopic (exact) mass is 470 g/mol. The minimum atomic E-state index is -1.49. The number of nitrogens with one attached hydrogen (secondary N) is 2. The van der Waals surface area contributed by atoms with Gasteiger partial charge in [-0.25, -0.2) is 9.18 Å². The lowest BCUT2D eigenvalue weighted by molar-refractivity contribution is -0.124. The molecule has 174 valence electrons. The molecule has 1 saturated heterocycles. The third kappa shape index (κ3) is 3.65. The third-order valence-electron chi connectivity index (χ3n) is 6.36. The standard InChI is InChI=1S/C26H19FN4O4/c1-35-20-8-4-17-13-31(23(32)21(17)11-20)14-26(24(33)29-25(34)30-26)19-6-2-15(3-7-19)16-5-9-22(27)18(10-16)12-28/h2-11H,13-14H2,1H3,(H2,29,30,33,34)/t26-/m0/s1. The molecule has 35 heavy (non-hydrogen) atoms. The van der Waals surface area contributed by atoms with E-state index in [0.717, 1.165) is 5.56 Å². The number of nitriles is 1. The summed E-state index contributed by atoms with van der Waals surface area (Å²) < 4.78 is 18.9. The van der Waals surface area contributed by atoms with Gasteiger partial charge in [0.1, 0.15) is 17.6 Å². The summed E-state index contributed by atoms with van der Waals surface area (Å²) in [6, 6.07) is 17.4. The SMILES string of the molecule is COc1ccc2c(c1)C(=O)N(C[C@@]1(c3ccc(-c4ccc(F)c(C#N)c4)cc3)NC(=O)NC1=O)C2. The van der Waals surface area contributed by atoms with Crippen LogP contribution >= 0.6 is 0 Å². The average Bonchev–Trinajstić information content (AvgIpc) is 3.34. The zero-order valence-electron chi connectivity index (χ0n) is 18.6. The number of carbonyl (C=O) groups is 3. The molecule has 3 aromatic carbocycles. The third-order valence-corrected chi connectivity index (χ3v) is 6.36. The quantitative estimate of drug-likeness (QED) is 0.557. The van der Waals surface area contributed by atoms with Gasteiger partial charge in [0.05, 0.1) is 19.2 Å². The van der Waals surface area contributed by atoms with Gasteiger partial charge in [-0.2, -0.15) is 5.26 Å². The van der Waals surface area contributed by atoms with E-state index in [4.69, 9.17) is 10.00 Å². The van der Waals surface area contributed by atoms with Gasteiger partial charge in [-0.1, -0.05) is 36.4 Å². The molecular weight excluding hydrogens is 451 g/mol. The Morgan fingerprint density at radius 2 is 1.80 bits per heavy atom. The molecule has 2 N–H and O–H groups in total. The number of ether oxygens (including phenoxy) is 1. The van der Waals surface area contributed by atoms with Crippen LogP contribution in [-0.2, 0) is 16.9 Å². The first kappa shape index (κ1) is 22.1. The van der Waals surface area contributed by atoms with Crippen LogP contribution in [0.3, 0.4) is 0 Å². The fourth-order valence-corrected chi connectivity index (χ4v) is 4.52. The molecule has 3 aromatic rings. The second kappa shape index (κ2) is 8.25. The van der Waals surface area contributed by atoms with Gasteiger partial charge in [0.15, 0.2) is 5.54 Å². The highest BCUT2D eigenvalue weighted by Gasteiger charge is 2.50. The lowest BCUT2D eigenvalue weighted by Crippen LogP contribution is -2.52. The molecule has 5 rings (SSSR count). The molecule has 0 saturated carbocycles. The normalized spacial score (nSPS) is 18.7. The van der Waals surface area contributed by atoms with Crippen LogP contribution in [0.5, 0.6) is 5.75 Å². The van der Waals surface area contributed by atoms with Gasteiger partial charge >= 0.3 is 6.03 Å². The van der Waals surface area contributed by atoms with E-state index in [0.29, 0.717) is 28.0 Å². The van der Waals surface area contributed by atoms with Gasteiger partial charge in [0.25, 0.3) is 11.8 Å². The molecule has 2 heterocycles. The Balaban J connectivity index is 1.48. The summed E-state index contributed by atoms with van der Waals surface area (Å²) in [5, 5.41) is 14.1. The number of carbonyl (C=O) groups excluding carboxylic acids is 3. The molecule has 0 bridgehead atoms. The fraction of sp³-hybridized carbons (Fsp3) is 0.154. The van der Waals surface area contributed by atoms with Gasteiger partial charge in [0, 0.05) is 12.1 Å². The Bertz CT molecular complexity index is 1430. The van der Waals surface area contributed by atoms with Gasteiger partial charge in [-0.15, -0.1) is 0 Å². The summed E-state index contributed by atoms with van der Waals surface area (Å²) in [5.41, 5.74) is 1.53. The predicted molar refractivity (Wildman–Crippen MR) is 123 cm³/mol. The number of imide groups is 1. The number of fused-ring (bicyclic) bond motifs is 1. The smallest absolute Gasteiger partial charge is 0.322 e. The molecule has 4 amide bonds. The molecule has 0 aromatic heterocycles. The Kier molecular flexibility index (Phi) is 5.21. The van der Waals surface area contributed by atoms with Crippen molar-refractivity contribution in [2.24, 2.45) is 0 Å². The first-order valence-corrected chi connectivity index (χ1v) is 10.7. The summed E-state index contributed by atoms with van der Waals surface area (Å²) in [6.45, 7) is 0.211. The maximum absolute atomic E-state index is 13.7. The van der Waals surface area contributed by atoms with E-state index >= 15 is 0 Å². The van der Waals surface area contributed by atoms with Crippen molar-refractivity contribution in [2.45, 2.75) is 12.1 Å². The highest BCUT2D eigenvalue weighted by atomic mass is 19.1. The van der Waals surface area contributed by atoms with Crippen LogP contribution in [0.15, 0.2) is 60.7 Å². The number of urea groups is 1. The number of hydrogen-bond acceptors (Lipinski definition) is 5. The first-order valence-electron chi connectivity index (χ1n) is 10.7. The summed E-state index contributed by atoms with van der Waals surface area (Å²) in [6.07, 6.45) is 0. The van der Waals surface area contributed by atoms with Gasteiger partial charge in [-0.05, 0) is 46.5 Å². The maximum Gasteiger partial charge on any atom is 0.322 e. The van der Waals surface area contributed by atoms with Crippen molar-refractivity contribution in [2.75, 3.05) is 13.7 Å². The molecule has 0 aliphatic carbocycles. The topological polar surface area (TPSA) is 112 Å². The van der Waals surface area contributed by atoms with E-state index in [1.165, 1.54) is 24.1 Å². The van der Waals surface area contributed by atoms with Crippen LogP contribution in [0.25, 0.3) is 11.1 Å². The summed E-state index contributed by atoms with van der Waals surface area (Å²) in [4.78, 5) is 39.8. The van der Waals surface area contributed by atoms with Crippen molar-refractivity contribution in [1.82, 2.24) is 15.5 Å². The highest BCUT2D eigenvalue weighted by Crippen LogP contribution is 2.33. The van der Waals surface area contributed by atoms with E-state index in [2.05, 4.69) is 10.6 Å². The maximum atomic E-state index is 13.7. The molecule has 0 radical (unpaired) electrons. The van der Waals surface area contributed by atoms with Crippen LogP contribution < -0.4 is 15.4 Å². The van der Waals surface area contributed by atoms with E-state index in [-0.39, 0.29) is 24.6 Å². The zero-order chi connectivity index (χ0) is 24.7. The number of amides is 4. The van der Waals surface area contributed by atoms with E-state index in [9.17, 15) is 18.8 Å². The Morgan fingerprint density at radius 3 is 2.46 bits per heavy atom. The highest BCUT2D eigenvalue weighted by molar-refractivity contribution is 6.08. The number of hydrogen-bond donors (Lipinski definition) is 2. The number of nitrogens with zero attached hydrogens (tertiary/aromatic N) is 2. The van der Waals surface area contributed by atoms with Crippen LogP contribution in [0.4, 0.5) is 9.18 Å². The molecule has 8 nitrogen and oxygen atoms in total. The number of halogens is 1. The molecule has 2 aliphatic heterocycles. The molecular formula is C26H19FN4O4. The number of methoxy groups -OCH3 is 1. The lowest BCUT2D eigenvalue weighted by Gasteiger charge is -2.31. The van der Waals surface area contributed by atoms with Crippen molar-refractivity contribution >= 4 is 17.8 Å². The number of benzene rings is 3. The molecule has 2 aliphatic rings. The van der Waals surface area contributed by atoms with Crippen molar-refractivity contribution in [3.8, 4) is 22.9 Å². The van der Waals surface area contributed by atoms with Gasteiger partial charge in [-0.3, -0.25) is 14.9 Å². The first-order chi connectivity index (χ1) is 16.8. The molecule has 1 atom stereocenters. The van der Waals surface area contributed by atoms with Gasteiger partial charge < -0.3 is 15.0 Å². The van der Waals surface area contributed by atoms with Crippen LogP contribution in [0.2, 0.25) is 0 Å². The molecule has 1 fully saturated rings. The minimum Gasteiger partial charge on any atom is -0.497 e. The van der Waals surface area contributed by atoms with E-state index in [1.54, 1.807) is 48.5 Å². The van der Waals surface area contributed by atoms with Crippen molar-refractivity contribution in [3.05, 3.63) is 88.7 Å². The largest absolute Gasteiger partial charge is 0.497 e. The van der Waals surface area contributed by atoms with Crippen molar-refractivity contribution in [1.29, 1.82) is 5.26 Å². The van der Waals surface area contributed by atoms with E-state index < -0.39 is 23.3 Å². The minimum absolute atomic E-state index is 0.0745. The second-order valence-corrected chi connectivity index (χ2v) is 8.38. The van der Waals surface area contributed by atoms with Crippen molar-refractivity contribution in [3.63, 3.8) is 0 Å². The summed E-state index contributed by atoms with van der Waals surface area (Å²) >= 11 is 0. The van der Waals surface area contributed by atoms with Gasteiger partial charge in [0.2, 0.25) is 0 Å². The second-order valence-electron chi connectivity index (χ2n) is 8.38. The molecule has 0 spiro atoms. The van der Waals surface area contributed by atoms with E-state index in [1.807, 2.05) is 6.07 Å². The summed E-state index contributed by atoms with van der Waals surface area (Å²) in [7, 11) is 1.52. The Hall–Kier alpha value is -4.71. The molecule has 0 unspecified atom stereocenters. The van der Waals surface area contributed by atoms with Crippen molar-refractivity contribution < 1.29 is 23.5 Å². The predicted octanol–water partition coefficient (Wildman–Crippen LogP) is 3.06.